The molecule has 148 valence electrons. The first kappa shape index (κ1) is 21.2. The average Bonchev–Trinajstić information content (AvgIpc) is 2.65. The Morgan fingerprint density at radius 2 is 2.00 bits per heavy atom. The molecule has 2 rings (SSSR count). The van der Waals surface area contributed by atoms with Gasteiger partial charge in [-0.25, -0.2) is 8.42 Å². The minimum atomic E-state index is -4.07. The SMILES string of the molecule is CCC(O)C#CCOc1ccc(S(=O)(=O)N2CC(O)CCC2C(=O)O)cc1. The zero-order valence-electron chi connectivity index (χ0n) is 14.9. The standard InChI is InChI=1S/C18H23NO7S/c1-2-13(20)4-3-11-26-15-6-8-16(9-7-15)27(24,25)19-12-14(21)5-10-17(19)18(22)23/h6-9,13-14,17,20-21H,2,5,10-12H2,1H3,(H,22,23). The number of carboxylic acid groups (broad SMARTS) is 1. The van der Waals surface area contributed by atoms with Crippen LogP contribution in [0, 0.1) is 11.8 Å². The Balaban J connectivity index is 2.11. The number of aliphatic hydroxyl groups excluding tert-OH is 2. The summed E-state index contributed by atoms with van der Waals surface area (Å²) in [5.41, 5.74) is 0. The highest BCUT2D eigenvalue weighted by Crippen LogP contribution is 2.27. The fourth-order valence-electron chi connectivity index (χ4n) is 2.66. The molecule has 3 N–H and O–H groups in total. The van der Waals surface area contributed by atoms with Gasteiger partial charge in [-0.05, 0) is 43.5 Å². The van der Waals surface area contributed by atoms with Crippen molar-refractivity contribution in [2.75, 3.05) is 13.2 Å². The number of carboxylic acids is 1. The van der Waals surface area contributed by atoms with Crippen LogP contribution in [0.4, 0.5) is 0 Å². The quantitative estimate of drug-likeness (QED) is 0.595. The van der Waals surface area contributed by atoms with Crippen LogP contribution in [0.2, 0.25) is 0 Å². The fourth-order valence-corrected chi connectivity index (χ4v) is 4.31. The van der Waals surface area contributed by atoms with E-state index in [1.807, 2.05) is 0 Å². The molecule has 0 bridgehead atoms. The zero-order chi connectivity index (χ0) is 20.0. The van der Waals surface area contributed by atoms with E-state index >= 15 is 0 Å². The van der Waals surface area contributed by atoms with Gasteiger partial charge in [0.05, 0.1) is 11.0 Å². The van der Waals surface area contributed by atoms with Gasteiger partial charge in [-0.3, -0.25) is 4.79 Å². The molecule has 1 fully saturated rings. The molecule has 1 aromatic rings. The summed E-state index contributed by atoms with van der Waals surface area (Å²) in [6, 6.07) is 4.33. The largest absolute Gasteiger partial charge is 0.481 e. The summed E-state index contributed by atoms with van der Waals surface area (Å²) in [7, 11) is -4.07. The number of rotatable bonds is 6. The number of β-amino-alcohol motifs (C(OH)–C–C–N with tert-alkyl or cyclic N) is 1. The number of carbonyl (C=O) groups is 1. The van der Waals surface area contributed by atoms with Gasteiger partial charge in [-0.1, -0.05) is 18.8 Å². The molecule has 3 atom stereocenters. The predicted molar refractivity (Wildman–Crippen MR) is 96.6 cm³/mol. The van der Waals surface area contributed by atoms with Crippen molar-refractivity contribution in [1.29, 1.82) is 0 Å². The van der Waals surface area contributed by atoms with Gasteiger partial charge in [0, 0.05) is 6.54 Å². The van der Waals surface area contributed by atoms with Crippen molar-refractivity contribution in [3.05, 3.63) is 24.3 Å². The minimum Gasteiger partial charge on any atom is -0.481 e. The van der Waals surface area contributed by atoms with Crippen LogP contribution in [-0.2, 0) is 14.8 Å². The van der Waals surface area contributed by atoms with Crippen molar-refractivity contribution in [3.8, 4) is 17.6 Å². The van der Waals surface area contributed by atoms with Crippen LogP contribution in [0.5, 0.6) is 5.75 Å². The number of aliphatic hydroxyl groups is 2. The average molecular weight is 397 g/mol. The highest BCUT2D eigenvalue weighted by Gasteiger charge is 2.40. The van der Waals surface area contributed by atoms with E-state index < -0.39 is 34.2 Å². The molecule has 0 amide bonds. The Morgan fingerprint density at radius 1 is 1.33 bits per heavy atom. The van der Waals surface area contributed by atoms with Crippen LogP contribution < -0.4 is 4.74 Å². The van der Waals surface area contributed by atoms with Gasteiger partial charge in [0.1, 0.15) is 24.5 Å². The molecule has 1 saturated heterocycles. The van der Waals surface area contributed by atoms with Gasteiger partial charge in [0.15, 0.2) is 0 Å². The summed E-state index contributed by atoms with van der Waals surface area (Å²) < 4.78 is 31.8. The Morgan fingerprint density at radius 3 is 2.59 bits per heavy atom. The van der Waals surface area contributed by atoms with E-state index in [0.29, 0.717) is 12.2 Å². The number of hydrogen-bond donors (Lipinski definition) is 3. The fraction of sp³-hybridized carbons (Fsp3) is 0.500. The summed E-state index contributed by atoms with van der Waals surface area (Å²) >= 11 is 0. The van der Waals surface area contributed by atoms with Crippen molar-refractivity contribution >= 4 is 16.0 Å². The molecule has 1 aromatic carbocycles. The highest BCUT2D eigenvalue weighted by atomic mass is 32.2. The van der Waals surface area contributed by atoms with Gasteiger partial charge in [0.25, 0.3) is 0 Å². The molecule has 0 spiro atoms. The molecule has 1 aliphatic rings. The maximum Gasteiger partial charge on any atom is 0.322 e. The summed E-state index contributed by atoms with van der Waals surface area (Å²) in [6.45, 7) is 1.59. The molecule has 8 nitrogen and oxygen atoms in total. The number of nitrogens with zero attached hydrogens (tertiary/aromatic N) is 1. The number of benzene rings is 1. The predicted octanol–water partition coefficient (Wildman–Crippen LogP) is 0.438. The van der Waals surface area contributed by atoms with E-state index in [2.05, 4.69) is 11.8 Å². The number of hydrogen-bond acceptors (Lipinski definition) is 6. The van der Waals surface area contributed by atoms with E-state index in [-0.39, 0.29) is 30.9 Å². The smallest absolute Gasteiger partial charge is 0.322 e. The maximum atomic E-state index is 12.8. The Labute approximate surface area is 158 Å². The molecule has 27 heavy (non-hydrogen) atoms. The molecule has 1 aliphatic heterocycles. The van der Waals surface area contributed by atoms with Crippen LogP contribution in [0.15, 0.2) is 29.2 Å². The van der Waals surface area contributed by atoms with E-state index in [0.717, 1.165) is 4.31 Å². The molecular formula is C18H23NO7S. The first-order chi connectivity index (χ1) is 12.8. The Kier molecular flexibility index (Phi) is 7.21. The third-order valence-electron chi connectivity index (χ3n) is 4.19. The van der Waals surface area contributed by atoms with Gasteiger partial charge in [-0.2, -0.15) is 4.31 Å². The summed E-state index contributed by atoms with van der Waals surface area (Å²) in [5, 5.41) is 28.4. The van der Waals surface area contributed by atoms with Crippen LogP contribution in [0.1, 0.15) is 26.2 Å². The number of ether oxygens (including phenoxy) is 1. The maximum absolute atomic E-state index is 12.8. The minimum absolute atomic E-state index is 0.0442. The summed E-state index contributed by atoms with van der Waals surface area (Å²) in [4.78, 5) is 11.3. The third-order valence-corrected chi connectivity index (χ3v) is 6.08. The lowest BCUT2D eigenvalue weighted by molar-refractivity contribution is -0.143. The van der Waals surface area contributed by atoms with E-state index in [1.165, 1.54) is 24.3 Å². The highest BCUT2D eigenvalue weighted by molar-refractivity contribution is 7.89. The second-order valence-corrected chi connectivity index (χ2v) is 8.06. The van der Waals surface area contributed by atoms with Gasteiger partial charge in [-0.15, -0.1) is 0 Å². The zero-order valence-corrected chi connectivity index (χ0v) is 15.7. The second kappa shape index (κ2) is 9.19. The molecule has 0 radical (unpaired) electrons. The molecule has 0 saturated carbocycles. The Bertz CT molecular complexity index is 810. The molecule has 9 heteroatoms. The van der Waals surface area contributed by atoms with Crippen LogP contribution >= 0.6 is 0 Å². The van der Waals surface area contributed by atoms with E-state index in [9.17, 15) is 28.5 Å². The lowest BCUT2D eigenvalue weighted by atomic mass is 10.0. The molecule has 0 aliphatic carbocycles. The summed E-state index contributed by atoms with van der Waals surface area (Å²) in [6.07, 6.45) is -0.789. The first-order valence-electron chi connectivity index (χ1n) is 8.57. The molecule has 1 heterocycles. The topological polar surface area (TPSA) is 124 Å². The normalized spacial score (nSPS) is 21.7. The molecular weight excluding hydrogens is 374 g/mol. The van der Waals surface area contributed by atoms with Gasteiger partial charge < -0.3 is 20.1 Å². The monoisotopic (exact) mass is 397 g/mol. The number of piperidine rings is 1. The first-order valence-corrected chi connectivity index (χ1v) is 10.0. The van der Waals surface area contributed by atoms with Crippen LogP contribution in [0.25, 0.3) is 0 Å². The van der Waals surface area contributed by atoms with Crippen molar-refractivity contribution in [2.45, 2.75) is 49.3 Å². The van der Waals surface area contributed by atoms with Crippen molar-refractivity contribution in [1.82, 2.24) is 4.31 Å². The van der Waals surface area contributed by atoms with Crippen molar-refractivity contribution in [3.63, 3.8) is 0 Å². The number of sulfonamides is 1. The third kappa shape index (κ3) is 5.43. The van der Waals surface area contributed by atoms with Crippen LogP contribution in [-0.4, -0.2) is 65.4 Å². The Hall–Kier alpha value is -2.12. The van der Waals surface area contributed by atoms with E-state index in [4.69, 9.17) is 4.74 Å². The van der Waals surface area contributed by atoms with Gasteiger partial charge in [0.2, 0.25) is 10.0 Å². The van der Waals surface area contributed by atoms with Crippen LogP contribution in [0.3, 0.4) is 0 Å². The lowest BCUT2D eigenvalue weighted by Gasteiger charge is -2.34. The second-order valence-electron chi connectivity index (χ2n) is 6.17. The van der Waals surface area contributed by atoms with Crippen molar-refractivity contribution in [2.24, 2.45) is 0 Å². The van der Waals surface area contributed by atoms with Crippen molar-refractivity contribution < 1.29 is 33.3 Å². The van der Waals surface area contributed by atoms with Gasteiger partial charge >= 0.3 is 5.97 Å². The lowest BCUT2D eigenvalue weighted by Crippen LogP contribution is -2.51. The number of aliphatic carboxylic acids is 1. The molecule has 3 unspecified atom stereocenters. The summed E-state index contributed by atoms with van der Waals surface area (Å²) in [5.74, 6) is 4.42. The van der Waals surface area contributed by atoms with E-state index in [1.54, 1.807) is 6.92 Å². The molecule has 0 aromatic heterocycles.